The van der Waals surface area contributed by atoms with E-state index < -0.39 is 24.0 Å². The Hall–Kier alpha value is -1.79. The highest BCUT2D eigenvalue weighted by Crippen LogP contribution is 2.03. The molecular weight excluding hydrogens is 252 g/mol. The summed E-state index contributed by atoms with van der Waals surface area (Å²) in [5.41, 5.74) is 0. The van der Waals surface area contributed by atoms with Gasteiger partial charge in [0.1, 0.15) is 6.04 Å². The lowest BCUT2D eigenvalue weighted by molar-refractivity contribution is -0.142. The number of aliphatic carboxylic acids is 1. The van der Waals surface area contributed by atoms with Crippen LogP contribution in [0.15, 0.2) is 0 Å². The molecule has 0 spiro atoms. The molecule has 7 nitrogen and oxygen atoms in total. The van der Waals surface area contributed by atoms with E-state index in [-0.39, 0.29) is 18.9 Å². The standard InChI is InChI=1S/C12H22N2O5/c1-5-14(8(2)3)12(18)13-9(11(16)17)6-7-10(15)19-4/h8-9H,5-7H2,1-4H3,(H,13,18)(H,16,17)/t9-/m1/s1. The average Bonchev–Trinajstić information content (AvgIpc) is 2.33. The Morgan fingerprint density at radius 3 is 2.26 bits per heavy atom. The molecule has 2 N–H and O–H groups in total. The number of carboxylic acid groups (broad SMARTS) is 1. The van der Waals surface area contributed by atoms with E-state index in [0.717, 1.165) is 0 Å². The molecule has 0 radical (unpaired) electrons. The van der Waals surface area contributed by atoms with E-state index in [2.05, 4.69) is 10.1 Å². The first-order chi connectivity index (χ1) is 8.83. The van der Waals surface area contributed by atoms with Gasteiger partial charge in [-0.2, -0.15) is 0 Å². The van der Waals surface area contributed by atoms with Crippen molar-refractivity contribution in [2.45, 2.75) is 45.7 Å². The van der Waals surface area contributed by atoms with E-state index in [1.165, 1.54) is 12.0 Å². The van der Waals surface area contributed by atoms with Gasteiger partial charge in [0.05, 0.1) is 7.11 Å². The number of carboxylic acids is 1. The summed E-state index contributed by atoms with van der Waals surface area (Å²) in [4.78, 5) is 35.4. The van der Waals surface area contributed by atoms with Gasteiger partial charge in [0, 0.05) is 19.0 Å². The lowest BCUT2D eigenvalue weighted by Crippen LogP contribution is -2.50. The van der Waals surface area contributed by atoms with Crippen LogP contribution in [0.3, 0.4) is 0 Å². The van der Waals surface area contributed by atoms with Crippen molar-refractivity contribution in [2.75, 3.05) is 13.7 Å². The second-order valence-electron chi connectivity index (χ2n) is 4.33. The molecule has 0 saturated carbocycles. The zero-order valence-electron chi connectivity index (χ0n) is 11.8. The van der Waals surface area contributed by atoms with Crippen molar-refractivity contribution in [3.63, 3.8) is 0 Å². The first-order valence-corrected chi connectivity index (χ1v) is 6.20. The number of nitrogens with zero attached hydrogens (tertiary/aromatic N) is 1. The predicted octanol–water partition coefficient (Wildman–Crippen LogP) is 0.833. The monoisotopic (exact) mass is 274 g/mol. The quantitative estimate of drug-likeness (QED) is 0.670. The minimum Gasteiger partial charge on any atom is -0.480 e. The third-order valence-corrected chi connectivity index (χ3v) is 2.69. The molecule has 110 valence electrons. The molecule has 19 heavy (non-hydrogen) atoms. The molecule has 0 aliphatic carbocycles. The highest BCUT2D eigenvalue weighted by molar-refractivity contribution is 5.83. The summed E-state index contributed by atoms with van der Waals surface area (Å²) >= 11 is 0. The molecule has 0 heterocycles. The van der Waals surface area contributed by atoms with Crippen LogP contribution in [-0.2, 0) is 14.3 Å². The zero-order chi connectivity index (χ0) is 15.0. The van der Waals surface area contributed by atoms with Crippen molar-refractivity contribution >= 4 is 18.0 Å². The van der Waals surface area contributed by atoms with Crippen LogP contribution in [-0.4, -0.2) is 53.7 Å². The highest BCUT2D eigenvalue weighted by atomic mass is 16.5. The van der Waals surface area contributed by atoms with Crippen molar-refractivity contribution in [2.24, 2.45) is 0 Å². The predicted molar refractivity (Wildman–Crippen MR) is 68.7 cm³/mol. The van der Waals surface area contributed by atoms with Crippen molar-refractivity contribution in [3.8, 4) is 0 Å². The molecule has 0 aliphatic heterocycles. The molecule has 0 aromatic rings. The van der Waals surface area contributed by atoms with Crippen LogP contribution in [0.5, 0.6) is 0 Å². The first-order valence-electron chi connectivity index (χ1n) is 6.20. The largest absolute Gasteiger partial charge is 0.480 e. The fraction of sp³-hybridized carbons (Fsp3) is 0.750. The number of ether oxygens (including phenoxy) is 1. The van der Waals surface area contributed by atoms with Crippen LogP contribution in [0.4, 0.5) is 4.79 Å². The molecule has 0 saturated heterocycles. The van der Waals surface area contributed by atoms with E-state index in [1.807, 2.05) is 20.8 Å². The molecule has 0 unspecified atom stereocenters. The Balaban J connectivity index is 4.53. The number of carbonyl (C=O) groups is 3. The van der Waals surface area contributed by atoms with Crippen molar-refractivity contribution in [1.29, 1.82) is 0 Å². The summed E-state index contributed by atoms with van der Waals surface area (Å²) in [6, 6.07) is -1.57. The van der Waals surface area contributed by atoms with Crippen LogP contribution in [0, 0.1) is 0 Å². The number of esters is 1. The van der Waals surface area contributed by atoms with Crippen LogP contribution >= 0.6 is 0 Å². The lowest BCUT2D eigenvalue weighted by atomic mass is 10.1. The maximum Gasteiger partial charge on any atom is 0.326 e. The number of nitrogens with one attached hydrogen (secondary N) is 1. The minimum atomic E-state index is -1.17. The zero-order valence-corrected chi connectivity index (χ0v) is 11.8. The normalized spacial score (nSPS) is 11.8. The van der Waals surface area contributed by atoms with E-state index in [1.54, 1.807) is 0 Å². The van der Waals surface area contributed by atoms with Gasteiger partial charge in [0.25, 0.3) is 0 Å². The fourth-order valence-electron chi connectivity index (χ4n) is 1.60. The van der Waals surface area contributed by atoms with Gasteiger partial charge in [-0.25, -0.2) is 9.59 Å². The Morgan fingerprint density at radius 1 is 1.32 bits per heavy atom. The maximum absolute atomic E-state index is 11.9. The Morgan fingerprint density at radius 2 is 1.89 bits per heavy atom. The van der Waals surface area contributed by atoms with Crippen molar-refractivity contribution in [3.05, 3.63) is 0 Å². The Bertz CT molecular complexity index is 330. The molecule has 1 atom stereocenters. The number of rotatable bonds is 7. The van der Waals surface area contributed by atoms with Gasteiger partial charge in [0.15, 0.2) is 0 Å². The molecule has 2 amide bonds. The SMILES string of the molecule is CCN(C(=O)N[C@H](CCC(=O)OC)C(=O)O)C(C)C. The summed E-state index contributed by atoms with van der Waals surface area (Å²) in [6.07, 6.45) is -0.0506. The molecule has 0 rings (SSSR count). The molecule has 0 aliphatic rings. The molecule has 0 aromatic carbocycles. The van der Waals surface area contributed by atoms with Crippen molar-refractivity contribution in [1.82, 2.24) is 10.2 Å². The number of carbonyl (C=O) groups excluding carboxylic acids is 2. The highest BCUT2D eigenvalue weighted by Gasteiger charge is 2.24. The van der Waals surface area contributed by atoms with Crippen LogP contribution in [0.2, 0.25) is 0 Å². The first kappa shape index (κ1) is 17.2. The number of hydrogen-bond acceptors (Lipinski definition) is 4. The second kappa shape index (κ2) is 8.34. The van der Waals surface area contributed by atoms with Gasteiger partial charge in [-0.3, -0.25) is 4.79 Å². The van der Waals surface area contributed by atoms with E-state index in [9.17, 15) is 14.4 Å². The number of methoxy groups -OCH3 is 1. The minimum absolute atomic E-state index is 0.00337. The summed E-state index contributed by atoms with van der Waals surface area (Å²) in [7, 11) is 1.23. The molecule has 0 fully saturated rings. The van der Waals surface area contributed by atoms with Gasteiger partial charge in [-0.05, 0) is 27.2 Å². The van der Waals surface area contributed by atoms with Crippen LogP contribution in [0.25, 0.3) is 0 Å². The summed E-state index contributed by atoms with van der Waals surface area (Å²) in [5.74, 6) is -1.67. The summed E-state index contributed by atoms with van der Waals surface area (Å²) in [6.45, 7) is 5.97. The smallest absolute Gasteiger partial charge is 0.326 e. The Kier molecular flexibility index (Phi) is 7.55. The van der Waals surface area contributed by atoms with Gasteiger partial charge in [-0.15, -0.1) is 0 Å². The third kappa shape index (κ3) is 6.08. The average molecular weight is 274 g/mol. The Labute approximate surface area is 112 Å². The molecular formula is C12H22N2O5. The molecule has 7 heteroatoms. The number of urea groups is 1. The van der Waals surface area contributed by atoms with Crippen LogP contribution in [0.1, 0.15) is 33.6 Å². The van der Waals surface area contributed by atoms with Gasteiger partial charge in [-0.1, -0.05) is 0 Å². The summed E-state index contributed by atoms with van der Waals surface area (Å²) < 4.78 is 4.44. The van der Waals surface area contributed by atoms with E-state index >= 15 is 0 Å². The molecule has 0 aromatic heterocycles. The van der Waals surface area contributed by atoms with E-state index in [0.29, 0.717) is 6.54 Å². The van der Waals surface area contributed by atoms with E-state index in [4.69, 9.17) is 5.11 Å². The van der Waals surface area contributed by atoms with Gasteiger partial charge >= 0.3 is 18.0 Å². The summed E-state index contributed by atoms with van der Waals surface area (Å²) in [5, 5.41) is 11.4. The number of hydrogen-bond donors (Lipinski definition) is 2. The van der Waals surface area contributed by atoms with Crippen LogP contribution < -0.4 is 5.32 Å². The topological polar surface area (TPSA) is 95.9 Å². The number of amides is 2. The maximum atomic E-state index is 11.9. The third-order valence-electron chi connectivity index (χ3n) is 2.69. The molecule has 0 bridgehead atoms. The lowest BCUT2D eigenvalue weighted by Gasteiger charge is -2.27. The second-order valence-corrected chi connectivity index (χ2v) is 4.33. The van der Waals surface area contributed by atoms with Gasteiger partial charge < -0.3 is 20.1 Å². The van der Waals surface area contributed by atoms with Gasteiger partial charge in [0.2, 0.25) is 0 Å². The fourth-order valence-corrected chi connectivity index (χ4v) is 1.60. The van der Waals surface area contributed by atoms with Crippen molar-refractivity contribution < 1.29 is 24.2 Å².